The fraction of sp³-hybridized carbons (Fsp3) is 0.421. The van der Waals surface area contributed by atoms with Gasteiger partial charge in [0.25, 0.3) is 11.5 Å². The number of aromatic amines is 1. The topological polar surface area (TPSA) is 69.3 Å². The number of rotatable bonds is 3. The number of nitrogens with zero attached hydrogens (tertiary/aromatic N) is 3. The van der Waals surface area contributed by atoms with E-state index in [4.69, 9.17) is 0 Å². The van der Waals surface area contributed by atoms with Crippen LogP contribution in [0.4, 0.5) is 0 Å². The third kappa shape index (κ3) is 3.49. The highest BCUT2D eigenvalue weighted by Gasteiger charge is 2.36. The van der Waals surface area contributed by atoms with E-state index in [0.717, 1.165) is 32.6 Å². The number of piperidine rings is 1. The molecule has 3 aliphatic heterocycles. The molecule has 3 saturated heterocycles. The molecule has 5 rings (SSSR count). The van der Waals surface area contributed by atoms with Crippen LogP contribution in [0.2, 0.25) is 0 Å². The molecule has 0 unspecified atom stereocenters. The number of carbonyl (C=O) groups is 1. The van der Waals surface area contributed by atoms with Crippen LogP contribution in [-0.4, -0.2) is 51.4 Å². The normalized spacial score (nSPS) is 23.4. The molecule has 0 saturated carbocycles. The molecule has 0 aliphatic carbocycles. The summed E-state index contributed by atoms with van der Waals surface area (Å²) in [6.45, 7) is 3.45. The molecule has 25 heavy (non-hydrogen) atoms. The number of aromatic nitrogens is 2. The van der Waals surface area contributed by atoms with Crippen molar-refractivity contribution in [2.24, 2.45) is 5.92 Å². The number of hydrogen-bond donors (Lipinski definition) is 1. The Hall–Kier alpha value is -2.47. The molecule has 1 amide bonds. The zero-order chi connectivity index (χ0) is 17.2. The van der Waals surface area contributed by atoms with Crippen LogP contribution in [0.25, 0.3) is 0 Å². The lowest BCUT2D eigenvalue weighted by Crippen LogP contribution is -2.44. The Bertz CT molecular complexity index is 784. The van der Waals surface area contributed by atoms with E-state index in [1.807, 2.05) is 11.0 Å². The van der Waals surface area contributed by atoms with Crippen molar-refractivity contribution in [3.05, 3.63) is 64.3 Å². The van der Waals surface area contributed by atoms with Crippen molar-refractivity contribution in [3.8, 4) is 0 Å². The Morgan fingerprint density at radius 3 is 2.76 bits per heavy atom. The highest BCUT2D eigenvalue weighted by Crippen LogP contribution is 2.29. The molecule has 0 radical (unpaired) electrons. The molecule has 2 atom stereocenters. The first-order valence-corrected chi connectivity index (χ1v) is 8.81. The summed E-state index contributed by atoms with van der Waals surface area (Å²) in [5.74, 6) is 0.406. The van der Waals surface area contributed by atoms with Crippen molar-refractivity contribution < 1.29 is 4.79 Å². The van der Waals surface area contributed by atoms with Gasteiger partial charge < -0.3 is 9.88 Å². The van der Waals surface area contributed by atoms with Crippen LogP contribution >= 0.6 is 0 Å². The van der Waals surface area contributed by atoms with Gasteiger partial charge in [-0.2, -0.15) is 0 Å². The number of amides is 1. The third-order valence-corrected chi connectivity index (χ3v) is 5.23. The maximum atomic E-state index is 12.8. The first kappa shape index (κ1) is 16.0. The zero-order valence-electron chi connectivity index (χ0n) is 14.1. The quantitative estimate of drug-likeness (QED) is 0.921. The largest absolute Gasteiger partial charge is 0.335 e. The van der Waals surface area contributed by atoms with Crippen LogP contribution in [0.1, 0.15) is 28.9 Å². The minimum absolute atomic E-state index is 0.0882. The van der Waals surface area contributed by atoms with Gasteiger partial charge in [0.2, 0.25) is 0 Å². The van der Waals surface area contributed by atoms with Gasteiger partial charge in [0, 0.05) is 38.4 Å². The van der Waals surface area contributed by atoms with Crippen LogP contribution in [0.5, 0.6) is 0 Å². The van der Waals surface area contributed by atoms with E-state index in [1.165, 1.54) is 24.4 Å². The van der Waals surface area contributed by atoms with Gasteiger partial charge in [0.1, 0.15) is 5.69 Å². The molecule has 1 aromatic carbocycles. The monoisotopic (exact) mass is 338 g/mol. The van der Waals surface area contributed by atoms with Crippen LogP contribution < -0.4 is 5.56 Å². The molecule has 2 bridgehead atoms. The number of benzene rings is 1. The van der Waals surface area contributed by atoms with Crippen molar-refractivity contribution in [1.82, 2.24) is 19.8 Å². The minimum Gasteiger partial charge on any atom is -0.335 e. The second-order valence-corrected chi connectivity index (χ2v) is 7.02. The maximum Gasteiger partial charge on any atom is 0.274 e. The van der Waals surface area contributed by atoms with Crippen molar-refractivity contribution >= 4 is 5.91 Å². The van der Waals surface area contributed by atoms with Gasteiger partial charge in [-0.1, -0.05) is 30.3 Å². The Balaban J connectivity index is 1.50. The molecule has 3 aliphatic rings. The van der Waals surface area contributed by atoms with Gasteiger partial charge in [0.15, 0.2) is 0 Å². The maximum absolute atomic E-state index is 12.8. The highest BCUT2D eigenvalue weighted by molar-refractivity contribution is 5.92. The lowest BCUT2D eigenvalue weighted by Gasteiger charge is -2.36. The van der Waals surface area contributed by atoms with Gasteiger partial charge in [-0.25, -0.2) is 4.98 Å². The SMILES string of the molecule is O=C(c1c[nH]c(=O)cn1)N1C[C@H]2CC[C@@H](C1)N(Cc1ccccc1)C2. The number of carbonyl (C=O) groups excluding carboxylic acids is 1. The van der Waals surface area contributed by atoms with E-state index in [9.17, 15) is 9.59 Å². The van der Waals surface area contributed by atoms with Gasteiger partial charge >= 0.3 is 0 Å². The van der Waals surface area contributed by atoms with Crippen molar-refractivity contribution in [3.63, 3.8) is 0 Å². The first-order chi connectivity index (χ1) is 12.2. The second kappa shape index (κ2) is 6.80. The lowest BCUT2D eigenvalue weighted by atomic mass is 9.94. The minimum atomic E-state index is -0.290. The number of H-pyrrole nitrogens is 1. The summed E-state index contributed by atoms with van der Waals surface area (Å²) in [5, 5.41) is 0. The molecule has 6 nitrogen and oxygen atoms in total. The predicted octanol–water partition coefficient (Wildman–Crippen LogP) is 1.51. The third-order valence-electron chi connectivity index (χ3n) is 5.23. The first-order valence-electron chi connectivity index (χ1n) is 8.81. The molecule has 1 N–H and O–H groups in total. The molecule has 0 spiro atoms. The van der Waals surface area contributed by atoms with E-state index < -0.39 is 0 Å². The van der Waals surface area contributed by atoms with Crippen LogP contribution in [-0.2, 0) is 6.54 Å². The zero-order valence-corrected chi connectivity index (χ0v) is 14.1. The van der Waals surface area contributed by atoms with Crippen LogP contribution in [0.3, 0.4) is 0 Å². The van der Waals surface area contributed by atoms with Crippen molar-refractivity contribution in [2.75, 3.05) is 19.6 Å². The van der Waals surface area contributed by atoms with Crippen molar-refractivity contribution in [2.45, 2.75) is 25.4 Å². The summed E-state index contributed by atoms with van der Waals surface area (Å²) in [6, 6.07) is 10.9. The van der Waals surface area contributed by atoms with Gasteiger partial charge in [0.05, 0.1) is 6.20 Å². The lowest BCUT2D eigenvalue weighted by molar-refractivity contribution is 0.0729. The molecule has 1 aromatic heterocycles. The van der Waals surface area contributed by atoms with Gasteiger partial charge in [-0.3, -0.25) is 14.5 Å². The molecular formula is C19H22N4O2. The number of hydrogen-bond acceptors (Lipinski definition) is 4. The molecule has 3 fully saturated rings. The van der Waals surface area contributed by atoms with E-state index in [0.29, 0.717) is 17.7 Å². The fourth-order valence-corrected chi connectivity index (χ4v) is 3.98. The molecule has 4 heterocycles. The second-order valence-electron chi connectivity index (χ2n) is 7.02. The summed E-state index contributed by atoms with van der Waals surface area (Å²) < 4.78 is 0. The Kier molecular flexibility index (Phi) is 4.36. The van der Waals surface area contributed by atoms with Gasteiger partial charge in [-0.05, 0) is 24.3 Å². The average Bonchev–Trinajstić information content (AvgIpc) is 2.94. The number of nitrogens with one attached hydrogen (secondary N) is 1. The number of fused-ring (bicyclic) bond motifs is 4. The summed E-state index contributed by atoms with van der Waals surface area (Å²) in [5.41, 5.74) is 1.34. The van der Waals surface area contributed by atoms with E-state index >= 15 is 0 Å². The molecule has 2 aromatic rings. The molecule has 6 heteroatoms. The Morgan fingerprint density at radius 1 is 1.16 bits per heavy atom. The molecule has 130 valence electrons. The Morgan fingerprint density at radius 2 is 2.00 bits per heavy atom. The smallest absolute Gasteiger partial charge is 0.274 e. The van der Waals surface area contributed by atoms with Crippen LogP contribution in [0, 0.1) is 5.92 Å². The van der Waals surface area contributed by atoms with E-state index in [2.05, 4.69) is 39.1 Å². The summed E-state index contributed by atoms with van der Waals surface area (Å²) in [7, 11) is 0. The standard InChI is InChI=1S/C19H22N4O2/c24-18-9-20-17(8-21-18)19(25)23-12-15-6-7-16(13-23)22(11-15)10-14-4-2-1-3-5-14/h1-5,8-9,15-16H,6-7,10-13H2,(H,21,24)/t15-,16-/m0/s1. The predicted molar refractivity (Wildman–Crippen MR) is 94.1 cm³/mol. The fourth-order valence-electron chi connectivity index (χ4n) is 3.98. The Labute approximate surface area is 146 Å². The van der Waals surface area contributed by atoms with Crippen LogP contribution in [0.15, 0.2) is 47.5 Å². The summed E-state index contributed by atoms with van der Waals surface area (Å²) in [4.78, 5) is 34.9. The summed E-state index contributed by atoms with van der Waals surface area (Å²) in [6.07, 6.45) is 4.87. The van der Waals surface area contributed by atoms with E-state index in [-0.39, 0.29) is 11.5 Å². The van der Waals surface area contributed by atoms with Gasteiger partial charge in [-0.15, -0.1) is 0 Å². The molecular weight excluding hydrogens is 316 g/mol. The highest BCUT2D eigenvalue weighted by atomic mass is 16.2. The summed E-state index contributed by atoms with van der Waals surface area (Å²) >= 11 is 0. The average molecular weight is 338 g/mol. The van der Waals surface area contributed by atoms with E-state index in [1.54, 1.807) is 0 Å². The van der Waals surface area contributed by atoms with Crippen molar-refractivity contribution in [1.29, 1.82) is 0 Å².